The van der Waals surface area contributed by atoms with E-state index in [1.165, 1.54) is 30.5 Å². The van der Waals surface area contributed by atoms with Crippen molar-refractivity contribution in [3.8, 4) is 17.0 Å². The first-order valence-corrected chi connectivity index (χ1v) is 9.80. The number of aromatic nitrogens is 2. The smallest absolute Gasteiger partial charge is 0.433 e. The summed E-state index contributed by atoms with van der Waals surface area (Å²) in [5.41, 5.74) is 0.423. The van der Waals surface area contributed by atoms with Crippen LogP contribution in [0.25, 0.3) is 11.1 Å². The van der Waals surface area contributed by atoms with Crippen molar-refractivity contribution in [2.75, 3.05) is 0 Å². The predicted molar refractivity (Wildman–Crippen MR) is 106 cm³/mol. The highest BCUT2D eigenvalue weighted by Gasteiger charge is 2.36. The van der Waals surface area contributed by atoms with E-state index in [1.54, 1.807) is 6.07 Å². The number of rotatable bonds is 5. The maximum Gasteiger partial charge on any atom is 0.433 e. The van der Waals surface area contributed by atoms with E-state index in [-0.39, 0.29) is 35.1 Å². The summed E-state index contributed by atoms with van der Waals surface area (Å²) < 4.78 is 59.8. The molecule has 0 aliphatic heterocycles. The average Bonchev–Trinajstić information content (AvgIpc) is 3.07. The van der Waals surface area contributed by atoms with Crippen LogP contribution in [0.1, 0.15) is 35.2 Å². The number of carbonyl (C=O) groups is 1. The van der Waals surface area contributed by atoms with E-state index in [2.05, 4.69) is 9.97 Å². The number of ether oxygens (including phenoxy) is 1. The van der Waals surface area contributed by atoms with Crippen LogP contribution in [0, 0.1) is 11.7 Å². The van der Waals surface area contributed by atoms with Crippen molar-refractivity contribution < 1.29 is 32.2 Å². The van der Waals surface area contributed by atoms with Gasteiger partial charge in [0.15, 0.2) is 5.69 Å². The van der Waals surface area contributed by atoms with Crippen molar-refractivity contribution in [1.29, 1.82) is 0 Å². The van der Waals surface area contributed by atoms with E-state index in [0.29, 0.717) is 12.0 Å². The van der Waals surface area contributed by atoms with Gasteiger partial charge in [-0.05, 0) is 47.2 Å². The normalized spacial score (nSPS) is 17.8. The Kier molecular flexibility index (Phi) is 5.58. The first-order chi connectivity index (χ1) is 15.1. The highest BCUT2D eigenvalue weighted by atomic mass is 19.4. The molecule has 1 aliphatic carbocycles. The first-order valence-electron chi connectivity index (χ1n) is 9.80. The van der Waals surface area contributed by atoms with E-state index in [1.807, 2.05) is 6.92 Å². The number of fused-ring (bicyclic) bond motifs is 1. The summed E-state index contributed by atoms with van der Waals surface area (Å²) in [7, 11) is 0. The Morgan fingerprint density at radius 3 is 2.72 bits per heavy atom. The summed E-state index contributed by atoms with van der Waals surface area (Å²) >= 11 is 0. The molecular formula is C23H18F4N2O3. The molecule has 2 atom stereocenters. The molecule has 2 unspecified atom stereocenters. The van der Waals surface area contributed by atoms with Crippen LogP contribution in [0.5, 0.6) is 5.88 Å². The van der Waals surface area contributed by atoms with Crippen molar-refractivity contribution >= 4 is 5.97 Å². The number of benzene rings is 1. The molecule has 1 aliphatic rings. The third-order valence-electron chi connectivity index (χ3n) is 5.52. The van der Waals surface area contributed by atoms with Gasteiger partial charge in [0.1, 0.15) is 12.4 Å². The molecule has 32 heavy (non-hydrogen) atoms. The van der Waals surface area contributed by atoms with Gasteiger partial charge in [-0.2, -0.15) is 13.2 Å². The molecule has 1 N–H and O–H groups in total. The number of pyridine rings is 2. The molecule has 9 heteroatoms. The van der Waals surface area contributed by atoms with Crippen molar-refractivity contribution in [3.05, 3.63) is 77.0 Å². The van der Waals surface area contributed by atoms with Gasteiger partial charge in [0.05, 0.1) is 5.92 Å². The van der Waals surface area contributed by atoms with Crippen molar-refractivity contribution in [2.24, 2.45) is 5.92 Å². The van der Waals surface area contributed by atoms with Crippen LogP contribution in [-0.4, -0.2) is 21.0 Å². The van der Waals surface area contributed by atoms with Crippen molar-refractivity contribution in [1.82, 2.24) is 9.97 Å². The molecule has 2 heterocycles. The number of carboxylic acids is 1. The third-order valence-corrected chi connectivity index (χ3v) is 5.52. The van der Waals surface area contributed by atoms with Crippen LogP contribution in [0.2, 0.25) is 0 Å². The Labute approximate surface area is 180 Å². The number of aliphatic carboxylic acids is 1. The molecule has 166 valence electrons. The largest absolute Gasteiger partial charge is 0.481 e. The Hall–Kier alpha value is -3.49. The third kappa shape index (κ3) is 4.15. The van der Waals surface area contributed by atoms with Gasteiger partial charge in [-0.15, -0.1) is 0 Å². The quantitative estimate of drug-likeness (QED) is 0.543. The minimum atomic E-state index is -4.65. The molecule has 2 aromatic heterocycles. The Bertz CT molecular complexity index is 1180. The number of carboxylic acid groups (broad SMARTS) is 1. The fraction of sp³-hybridized carbons (Fsp3) is 0.261. The molecule has 0 saturated carbocycles. The van der Waals surface area contributed by atoms with Gasteiger partial charge in [0.2, 0.25) is 5.88 Å². The summed E-state index contributed by atoms with van der Waals surface area (Å²) in [6.45, 7) is 1.58. The molecule has 0 amide bonds. The monoisotopic (exact) mass is 446 g/mol. The van der Waals surface area contributed by atoms with E-state index in [4.69, 9.17) is 4.74 Å². The van der Waals surface area contributed by atoms with Gasteiger partial charge in [-0.1, -0.05) is 19.1 Å². The topological polar surface area (TPSA) is 72.3 Å². The highest BCUT2D eigenvalue weighted by Crippen LogP contribution is 2.39. The maximum atomic E-state index is 14.3. The molecule has 0 bridgehead atoms. The Balaban J connectivity index is 1.58. The zero-order chi connectivity index (χ0) is 23.0. The molecule has 1 aromatic carbocycles. The molecule has 0 saturated heterocycles. The summed E-state index contributed by atoms with van der Waals surface area (Å²) in [4.78, 5) is 19.0. The molecular weight excluding hydrogens is 428 g/mol. The minimum absolute atomic E-state index is 0.0542. The Morgan fingerprint density at radius 2 is 2.00 bits per heavy atom. The molecule has 0 spiro atoms. The second kappa shape index (κ2) is 8.22. The lowest BCUT2D eigenvalue weighted by atomic mass is 9.95. The van der Waals surface area contributed by atoms with E-state index < -0.39 is 29.6 Å². The SMILES string of the molecule is CC1Cc2cc(OCc3cc(-c4cccnc4C(F)(F)F)ccc3F)ncc2C1C(=O)O. The average molecular weight is 446 g/mol. The lowest BCUT2D eigenvalue weighted by Crippen LogP contribution is -2.15. The van der Waals surface area contributed by atoms with Gasteiger partial charge < -0.3 is 9.84 Å². The summed E-state index contributed by atoms with van der Waals surface area (Å²) in [5.74, 6) is -2.09. The zero-order valence-electron chi connectivity index (χ0n) is 16.9. The van der Waals surface area contributed by atoms with Gasteiger partial charge in [-0.3, -0.25) is 9.78 Å². The number of halogens is 4. The molecule has 3 aromatic rings. The second-order valence-corrected chi connectivity index (χ2v) is 7.71. The summed E-state index contributed by atoms with van der Waals surface area (Å²) in [6.07, 6.45) is -1.60. The standard InChI is InChI=1S/C23H18F4N2O3/c1-12-7-14-9-19(29-10-17(14)20(12)22(30)31)32-11-15-8-13(4-5-18(15)24)16-3-2-6-28-21(16)23(25,26)27/h2-6,8-10,12,20H,7,11H2,1H3,(H,30,31). The molecule has 4 rings (SSSR count). The van der Waals surface area contributed by atoms with Crippen LogP contribution in [-0.2, 0) is 24.0 Å². The van der Waals surface area contributed by atoms with Crippen LogP contribution in [0.3, 0.4) is 0 Å². The van der Waals surface area contributed by atoms with Gasteiger partial charge in [0.25, 0.3) is 0 Å². The number of hydrogen-bond donors (Lipinski definition) is 1. The van der Waals surface area contributed by atoms with Crippen LogP contribution in [0.15, 0.2) is 48.8 Å². The summed E-state index contributed by atoms with van der Waals surface area (Å²) in [5, 5.41) is 9.40. The van der Waals surface area contributed by atoms with E-state index in [9.17, 15) is 27.5 Å². The van der Waals surface area contributed by atoms with Gasteiger partial charge in [0, 0.05) is 29.6 Å². The predicted octanol–water partition coefficient (Wildman–Crippen LogP) is 5.24. The fourth-order valence-corrected chi connectivity index (χ4v) is 4.04. The number of nitrogens with zero attached hydrogens (tertiary/aromatic N) is 2. The molecule has 0 radical (unpaired) electrons. The van der Waals surface area contributed by atoms with Crippen molar-refractivity contribution in [3.63, 3.8) is 0 Å². The van der Waals surface area contributed by atoms with Gasteiger partial charge >= 0.3 is 12.1 Å². The number of hydrogen-bond acceptors (Lipinski definition) is 4. The lowest BCUT2D eigenvalue weighted by Gasteiger charge is -2.13. The number of alkyl halides is 3. The van der Waals surface area contributed by atoms with E-state index in [0.717, 1.165) is 17.8 Å². The minimum Gasteiger partial charge on any atom is -0.481 e. The van der Waals surface area contributed by atoms with Crippen LogP contribution < -0.4 is 4.74 Å². The van der Waals surface area contributed by atoms with Crippen molar-refractivity contribution in [2.45, 2.75) is 32.0 Å². The highest BCUT2D eigenvalue weighted by molar-refractivity contribution is 5.78. The van der Waals surface area contributed by atoms with E-state index >= 15 is 0 Å². The molecule has 0 fully saturated rings. The van der Waals surface area contributed by atoms with Gasteiger partial charge in [-0.25, -0.2) is 9.37 Å². The lowest BCUT2D eigenvalue weighted by molar-refractivity contribution is -0.141. The van der Waals surface area contributed by atoms with Crippen LogP contribution >= 0.6 is 0 Å². The first kappa shape index (κ1) is 21.7. The zero-order valence-corrected chi connectivity index (χ0v) is 16.9. The fourth-order valence-electron chi connectivity index (χ4n) is 4.04. The Morgan fingerprint density at radius 1 is 1.22 bits per heavy atom. The molecule has 5 nitrogen and oxygen atoms in total. The summed E-state index contributed by atoms with van der Waals surface area (Å²) in [6, 6.07) is 7.90. The second-order valence-electron chi connectivity index (χ2n) is 7.71. The van der Waals surface area contributed by atoms with Crippen LogP contribution in [0.4, 0.5) is 17.6 Å². The maximum absolute atomic E-state index is 14.3.